The van der Waals surface area contributed by atoms with E-state index in [2.05, 4.69) is 0 Å². The second-order valence-corrected chi connectivity index (χ2v) is 9.77. The maximum Gasteiger partial charge on any atom is 0.255 e. The van der Waals surface area contributed by atoms with Crippen LogP contribution in [0.3, 0.4) is 0 Å². The Morgan fingerprint density at radius 1 is 1.15 bits per heavy atom. The zero-order valence-electron chi connectivity index (χ0n) is 19.7. The van der Waals surface area contributed by atoms with Crippen molar-refractivity contribution in [1.29, 1.82) is 0 Å². The molecule has 10 heteroatoms. The molecule has 3 aliphatic rings. The first-order valence-corrected chi connectivity index (χ1v) is 10.9. The Bertz CT molecular complexity index is 1210. The Morgan fingerprint density at radius 3 is 2.29 bits per heavy atom. The van der Waals surface area contributed by atoms with Crippen molar-refractivity contribution in [3.63, 3.8) is 0 Å². The number of rotatable bonds is 3. The van der Waals surface area contributed by atoms with Gasteiger partial charge < -0.3 is 31.1 Å². The number of carbonyl (C=O) groups excluding carboxylic acids is 3. The summed E-state index contributed by atoms with van der Waals surface area (Å²) in [6.45, 7) is 1.67. The van der Waals surface area contributed by atoms with E-state index in [-0.39, 0.29) is 29.7 Å². The number of phenols is 1. The number of amides is 1. The lowest BCUT2D eigenvalue weighted by Gasteiger charge is -2.50. The number of aryl methyl sites for hydroxylation is 1. The van der Waals surface area contributed by atoms with Crippen molar-refractivity contribution in [3.05, 3.63) is 39.7 Å². The third-order valence-corrected chi connectivity index (χ3v) is 7.37. The van der Waals surface area contributed by atoms with Crippen LogP contribution in [-0.4, -0.2) is 82.6 Å². The van der Waals surface area contributed by atoms with E-state index in [1.807, 2.05) is 19.0 Å². The van der Waals surface area contributed by atoms with E-state index in [0.717, 1.165) is 5.69 Å². The molecule has 0 saturated heterocycles. The molecule has 1 aromatic carbocycles. The second-order valence-electron chi connectivity index (χ2n) is 9.77. The quantitative estimate of drug-likeness (QED) is 0.391. The summed E-state index contributed by atoms with van der Waals surface area (Å²) in [6.07, 6.45) is 0.323. The summed E-state index contributed by atoms with van der Waals surface area (Å²) in [7, 11) is 6.78. The van der Waals surface area contributed by atoms with E-state index < -0.39 is 58.0 Å². The standard InChI is InChI=1S/C24H29N3O7/c1-9-6-13(26(2)3)11-7-10-8-12-17(27(4)5)20(30)16(23(25)33)22(32)24(12,34)21(31)14(10)19(29)15(11)18(9)28/h6,10,12,17,28-29,32,34H,7-8H2,1-5H3,(H2,25,33)/t10?,12?,17-,24-/m0/s1. The molecule has 0 bridgehead atoms. The number of ketones is 2. The molecule has 1 amide bonds. The molecule has 10 nitrogen and oxygen atoms in total. The molecule has 1 aromatic rings. The van der Waals surface area contributed by atoms with Gasteiger partial charge in [-0.3, -0.25) is 19.3 Å². The lowest BCUT2D eigenvalue weighted by molar-refractivity contribution is -0.153. The van der Waals surface area contributed by atoms with E-state index in [9.17, 15) is 34.8 Å². The molecule has 4 rings (SSSR count). The summed E-state index contributed by atoms with van der Waals surface area (Å²) in [5, 5.41) is 44.4. The van der Waals surface area contributed by atoms with Crippen LogP contribution >= 0.6 is 0 Å². The molecule has 2 unspecified atom stereocenters. The number of aliphatic hydroxyl groups is 3. The number of aliphatic hydroxyl groups excluding tert-OH is 2. The molecule has 182 valence electrons. The summed E-state index contributed by atoms with van der Waals surface area (Å²) >= 11 is 0. The highest BCUT2D eigenvalue weighted by atomic mass is 16.3. The lowest BCUT2D eigenvalue weighted by atomic mass is 9.57. The third-order valence-electron chi connectivity index (χ3n) is 7.37. The first-order chi connectivity index (χ1) is 15.7. The van der Waals surface area contributed by atoms with Gasteiger partial charge in [0.05, 0.1) is 11.6 Å². The number of nitrogens with zero attached hydrogens (tertiary/aromatic N) is 2. The van der Waals surface area contributed by atoms with Gasteiger partial charge in [0.25, 0.3) is 5.91 Å². The van der Waals surface area contributed by atoms with Crippen molar-refractivity contribution in [2.45, 2.75) is 31.4 Å². The Kier molecular flexibility index (Phi) is 5.30. The minimum Gasteiger partial charge on any atom is -0.508 e. The van der Waals surface area contributed by atoms with Crippen LogP contribution < -0.4 is 10.6 Å². The summed E-state index contributed by atoms with van der Waals surface area (Å²) in [6, 6.07) is 0.686. The molecule has 1 saturated carbocycles. The highest BCUT2D eigenvalue weighted by molar-refractivity contribution is 6.24. The second kappa shape index (κ2) is 7.57. The van der Waals surface area contributed by atoms with E-state index in [1.54, 1.807) is 27.1 Å². The van der Waals surface area contributed by atoms with E-state index in [4.69, 9.17) is 5.73 Å². The molecule has 0 aliphatic heterocycles. The molecule has 0 aromatic heterocycles. The van der Waals surface area contributed by atoms with Gasteiger partial charge in [-0.2, -0.15) is 0 Å². The highest BCUT2D eigenvalue weighted by Gasteiger charge is 2.64. The van der Waals surface area contributed by atoms with Crippen LogP contribution in [0.1, 0.15) is 23.1 Å². The van der Waals surface area contributed by atoms with Gasteiger partial charge in [0.15, 0.2) is 11.4 Å². The smallest absolute Gasteiger partial charge is 0.255 e. The Labute approximate surface area is 196 Å². The van der Waals surface area contributed by atoms with Crippen LogP contribution in [-0.2, 0) is 20.8 Å². The summed E-state index contributed by atoms with van der Waals surface area (Å²) < 4.78 is 0. The van der Waals surface area contributed by atoms with Gasteiger partial charge in [-0.05, 0) is 57.0 Å². The minimum absolute atomic E-state index is 0.0628. The Balaban J connectivity index is 2.01. The topological polar surface area (TPSA) is 165 Å². The van der Waals surface area contributed by atoms with Crippen LogP contribution in [0.15, 0.2) is 23.0 Å². The van der Waals surface area contributed by atoms with Crippen molar-refractivity contribution in [3.8, 4) is 5.75 Å². The predicted octanol–water partition coefficient (Wildman–Crippen LogP) is 0.338. The van der Waals surface area contributed by atoms with Crippen LogP contribution in [0, 0.1) is 18.8 Å². The number of hydrogen-bond donors (Lipinski definition) is 5. The molecule has 4 atom stereocenters. The molecular weight excluding hydrogens is 442 g/mol. The maximum absolute atomic E-state index is 13.8. The fourth-order valence-corrected chi connectivity index (χ4v) is 5.82. The maximum atomic E-state index is 13.8. The van der Waals surface area contributed by atoms with E-state index >= 15 is 0 Å². The largest absolute Gasteiger partial charge is 0.508 e. The van der Waals surface area contributed by atoms with Gasteiger partial charge >= 0.3 is 0 Å². The number of hydrogen-bond acceptors (Lipinski definition) is 9. The molecule has 1 fully saturated rings. The van der Waals surface area contributed by atoms with Gasteiger partial charge in [0, 0.05) is 31.3 Å². The van der Waals surface area contributed by atoms with Crippen molar-refractivity contribution in [2.75, 3.05) is 33.1 Å². The van der Waals surface area contributed by atoms with Crippen LogP contribution in [0.5, 0.6) is 5.75 Å². The average Bonchev–Trinajstić information content (AvgIpc) is 2.72. The first-order valence-electron chi connectivity index (χ1n) is 10.9. The van der Waals surface area contributed by atoms with Crippen molar-refractivity contribution >= 4 is 28.9 Å². The zero-order valence-corrected chi connectivity index (χ0v) is 19.7. The van der Waals surface area contributed by atoms with Crippen LogP contribution in [0.2, 0.25) is 0 Å². The van der Waals surface area contributed by atoms with E-state index in [1.165, 1.54) is 4.90 Å². The number of benzene rings is 1. The number of Topliss-reactive ketones (excluding diaryl/α,β-unsaturated/α-hetero) is 2. The van der Waals surface area contributed by atoms with E-state index in [0.29, 0.717) is 11.1 Å². The molecule has 0 spiro atoms. The van der Waals surface area contributed by atoms with Crippen molar-refractivity contribution in [1.82, 2.24) is 4.90 Å². The van der Waals surface area contributed by atoms with Crippen LogP contribution in [0.25, 0.3) is 5.76 Å². The molecule has 0 radical (unpaired) electrons. The summed E-state index contributed by atoms with van der Waals surface area (Å²) in [4.78, 5) is 42.2. The Hall–Kier alpha value is -3.37. The average molecular weight is 472 g/mol. The SMILES string of the molecule is Cc1cc(N(C)C)c2c(c1O)C(O)=C1C(=O)[C@]3(O)C(O)=C(C(N)=O)C(=O)[C@@H](N(C)C)C3CC1C2. The lowest BCUT2D eigenvalue weighted by Crippen LogP contribution is -2.65. The van der Waals surface area contributed by atoms with Gasteiger partial charge in [0.1, 0.15) is 22.8 Å². The third kappa shape index (κ3) is 2.91. The number of anilines is 1. The predicted molar refractivity (Wildman–Crippen MR) is 123 cm³/mol. The monoisotopic (exact) mass is 471 g/mol. The summed E-state index contributed by atoms with van der Waals surface area (Å²) in [5.41, 5.74) is 3.69. The molecular formula is C24H29N3O7. The highest BCUT2D eigenvalue weighted by Crippen LogP contribution is 2.53. The fourth-order valence-electron chi connectivity index (χ4n) is 5.82. The Morgan fingerprint density at radius 2 is 1.76 bits per heavy atom. The normalized spacial score (nSPS) is 28.6. The van der Waals surface area contributed by atoms with Gasteiger partial charge in [-0.1, -0.05) is 0 Å². The van der Waals surface area contributed by atoms with Crippen LogP contribution in [0.4, 0.5) is 5.69 Å². The fraction of sp³-hybridized carbons (Fsp3) is 0.458. The number of nitrogens with two attached hydrogens (primary N) is 1. The number of phenolic OH excluding ortho intramolecular Hbond substituents is 1. The number of carbonyl (C=O) groups is 3. The van der Waals surface area contributed by atoms with Gasteiger partial charge in [0.2, 0.25) is 5.78 Å². The molecule has 6 N–H and O–H groups in total. The number of primary amides is 1. The first kappa shape index (κ1) is 23.8. The van der Waals surface area contributed by atoms with Crippen molar-refractivity contribution < 1.29 is 34.8 Å². The molecule has 34 heavy (non-hydrogen) atoms. The summed E-state index contributed by atoms with van der Waals surface area (Å²) in [5.74, 6) is -6.49. The number of likely N-dealkylation sites (N-methyl/N-ethyl adjacent to an activating group) is 1. The number of fused-ring (bicyclic) bond motifs is 3. The zero-order chi connectivity index (χ0) is 25.4. The molecule has 3 aliphatic carbocycles. The van der Waals surface area contributed by atoms with Gasteiger partial charge in [-0.25, -0.2) is 0 Å². The number of aromatic hydroxyl groups is 1. The minimum atomic E-state index is -2.63. The van der Waals surface area contributed by atoms with Crippen molar-refractivity contribution in [2.24, 2.45) is 17.6 Å². The van der Waals surface area contributed by atoms with Gasteiger partial charge in [-0.15, -0.1) is 0 Å². The molecule has 0 heterocycles.